The molecule has 1 aromatic heterocycles. The minimum Gasteiger partial charge on any atom is -0.494 e. The van der Waals surface area contributed by atoms with E-state index < -0.39 is 5.82 Å². The van der Waals surface area contributed by atoms with E-state index in [1.54, 1.807) is 25.1 Å². The predicted octanol–water partition coefficient (Wildman–Crippen LogP) is 3.25. The lowest BCUT2D eigenvalue weighted by molar-refractivity contribution is 0.0934. The molecule has 0 radical (unpaired) electrons. The van der Waals surface area contributed by atoms with Crippen molar-refractivity contribution in [3.63, 3.8) is 0 Å². The monoisotopic (exact) mass is 319 g/mol. The Labute approximate surface area is 135 Å². The van der Waals surface area contributed by atoms with Crippen LogP contribution in [0.15, 0.2) is 24.3 Å². The molecule has 0 aliphatic heterocycles. The molecule has 1 atom stereocenters. The van der Waals surface area contributed by atoms with Crippen molar-refractivity contribution in [2.75, 3.05) is 7.11 Å². The highest BCUT2D eigenvalue weighted by atomic mass is 19.1. The molecule has 1 heterocycles. The number of aromatic nitrogens is 2. The number of hydrogen-bond acceptors (Lipinski definition) is 3. The Kier molecular flexibility index (Phi) is 5.36. The number of methoxy groups -OCH3 is 1. The maximum absolute atomic E-state index is 13.7. The minimum atomic E-state index is -0.454. The SMILES string of the molecule is COc1ccc(C(C)NC(=O)c2cc(CC(C)C)[nH]n2)cc1F. The minimum absolute atomic E-state index is 0.179. The van der Waals surface area contributed by atoms with E-state index in [1.165, 1.54) is 13.2 Å². The molecule has 0 aliphatic rings. The van der Waals surface area contributed by atoms with Gasteiger partial charge in [0.15, 0.2) is 11.6 Å². The van der Waals surface area contributed by atoms with E-state index in [9.17, 15) is 9.18 Å². The van der Waals surface area contributed by atoms with E-state index in [0.717, 1.165) is 12.1 Å². The molecule has 2 rings (SSSR count). The number of H-pyrrole nitrogens is 1. The van der Waals surface area contributed by atoms with Crippen molar-refractivity contribution >= 4 is 5.91 Å². The Bertz CT molecular complexity index is 682. The second kappa shape index (κ2) is 7.26. The molecule has 6 heteroatoms. The topological polar surface area (TPSA) is 67.0 Å². The average Bonchev–Trinajstić information content (AvgIpc) is 2.94. The molecule has 0 spiro atoms. The number of ether oxygens (including phenoxy) is 1. The van der Waals surface area contributed by atoms with E-state index in [-0.39, 0.29) is 17.7 Å². The quantitative estimate of drug-likeness (QED) is 0.859. The molecule has 0 fully saturated rings. The van der Waals surface area contributed by atoms with Gasteiger partial charge in [-0.2, -0.15) is 5.10 Å². The number of aromatic amines is 1. The zero-order valence-corrected chi connectivity index (χ0v) is 13.8. The first-order chi connectivity index (χ1) is 10.9. The fraction of sp³-hybridized carbons (Fsp3) is 0.412. The molecular formula is C17H22FN3O2. The molecule has 0 bridgehead atoms. The van der Waals surface area contributed by atoms with Gasteiger partial charge in [0.05, 0.1) is 13.2 Å². The van der Waals surface area contributed by atoms with Crippen LogP contribution in [0.2, 0.25) is 0 Å². The van der Waals surface area contributed by atoms with Crippen molar-refractivity contribution in [2.45, 2.75) is 33.2 Å². The van der Waals surface area contributed by atoms with Crippen LogP contribution in [0.4, 0.5) is 4.39 Å². The second-order valence-corrected chi connectivity index (χ2v) is 5.97. The number of halogens is 1. The molecule has 2 N–H and O–H groups in total. The third-order valence-corrected chi connectivity index (χ3v) is 3.52. The van der Waals surface area contributed by atoms with Crippen molar-refractivity contribution in [2.24, 2.45) is 5.92 Å². The van der Waals surface area contributed by atoms with Crippen LogP contribution in [0.3, 0.4) is 0 Å². The number of rotatable bonds is 6. The summed E-state index contributed by atoms with van der Waals surface area (Å²) >= 11 is 0. The first-order valence-electron chi connectivity index (χ1n) is 7.59. The van der Waals surface area contributed by atoms with Crippen LogP contribution >= 0.6 is 0 Å². The van der Waals surface area contributed by atoms with Gasteiger partial charge in [0.2, 0.25) is 0 Å². The van der Waals surface area contributed by atoms with Gasteiger partial charge in [-0.3, -0.25) is 9.89 Å². The van der Waals surface area contributed by atoms with Crippen LogP contribution in [0.5, 0.6) is 5.75 Å². The zero-order chi connectivity index (χ0) is 17.0. The highest BCUT2D eigenvalue weighted by molar-refractivity contribution is 5.92. The third-order valence-electron chi connectivity index (χ3n) is 3.52. The van der Waals surface area contributed by atoms with E-state index in [4.69, 9.17) is 4.74 Å². The first kappa shape index (κ1) is 17.0. The van der Waals surface area contributed by atoms with E-state index >= 15 is 0 Å². The van der Waals surface area contributed by atoms with E-state index in [2.05, 4.69) is 29.4 Å². The molecule has 1 unspecified atom stereocenters. The van der Waals surface area contributed by atoms with E-state index in [1.807, 2.05) is 0 Å². The molecule has 124 valence electrons. The molecule has 5 nitrogen and oxygen atoms in total. The van der Waals surface area contributed by atoms with Gasteiger partial charge in [-0.05, 0) is 43.0 Å². The lowest BCUT2D eigenvalue weighted by Gasteiger charge is -2.14. The van der Waals surface area contributed by atoms with Crippen molar-refractivity contribution < 1.29 is 13.9 Å². The van der Waals surface area contributed by atoms with Gasteiger partial charge in [0, 0.05) is 5.69 Å². The van der Waals surface area contributed by atoms with Gasteiger partial charge in [0.25, 0.3) is 5.91 Å². The van der Waals surface area contributed by atoms with E-state index in [0.29, 0.717) is 17.2 Å². The Hall–Kier alpha value is -2.37. The lowest BCUT2D eigenvalue weighted by atomic mass is 10.1. The number of carbonyl (C=O) groups excluding carboxylic acids is 1. The Morgan fingerprint density at radius 3 is 2.70 bits per heavy atom. The highest BCUT2D eigenvalue weighted by Gasteiger charge is 2.16. The standard InChI is InChI=1S/C17H22FN3O2/c1-10(2)7-13-9-15(21-20-13)17(22)19-11(3)12-5-6-16(23-4)14(18)8-12/h5-6,8-11H,7H2,1-4H3,(H,19,22)(H,20,21). The molecule has 0 saturated carbocycles. The predicted molar refractivity (Wildman–Crippen MR) is 86.0 cm³/mol. The number of nitrogens with one attached hydrogen (secondary N) is 2. The van der Waals surface area contributed by atoms with Crippen molar-refractivity contribution in [1.29, 1.82) is 0 Å². The molecule has 1 aromatic carbocycles. The van der Waals surface area contributed by atoms with Crippen molar-refractivity contribution in [1.82, 2.24) is 15.5 Å². The summed E-state index contributed by atoms with van der Waals surface area (Å²) in [5.74, 6) is -0.0875. The summed E-state index contributed by atoms with van der Waals surface area (Å²) in [5, 5.41) is 9.71. The van der Waals surface area contributed by atoms with Crippen LogP contribution in [-0.2, 0) is 6.42 Å². The lowest BCUT2D eigenvalue weighted by Crippen LogP contribution is -2.27. The van der Waals surface area contributed by atoms with Gasteiger partial charge < -0.3 is 10.1 Å². The molecule has 0 aliphatic carbocycles. The fourth-order valence-electron chi connectivity index (χ4n) is 2.33. The molecular weight excluding hydrogens is 297 g/mol. The van der Waals surface area contributed by atoms with Crippen LogP contribution < -0.4 is 10.1 Å². The van der Waals surface area contributed by atoms with Crippen molar-refractivity contribution in [3.05, 3.63) is 47.0 Å². The maximum Gasteiger partial charge on any atom is 0.272 e. The highest BCUT2D eigenvalue weighted by Crippen LogP contribution is 2.22. The van der Waals surface area contributed by atoms with Crippen LogP contribution in [0.1, 0.15) is 48.6 Å². The number of nitrogens with zero attached hydrogens (tertiary/aromatic N) is 1. The van der Waals surface area contributed by atoms with Gasteiger partial charge >= 0.3 is 0 Å². The summed E-state index contributed by atoms with van der Waals surface area (Å²) in [5.41, 5.74) is 1.92. The smallest absolute Gasteiger partial charge is 0.272 e. The number of carbonyl (C=O) groups is 1. The summed E-state index contributed by atoms with van der Waals surface area (Å²) in [6.07, 6.45) is 0.833. The number of benzene rings is 1. The zero-order valence-electron chi connectivity index (χ0n) is 13.8. The summed E-state index contributed by atoms with van der Waals surface area (Å²) in [7, 11) is 1.41. The Morgan fingerprint density at radius 1 is 1.35 bits per heavy atom. The summed E-state index contributed by atoms with van der Waals surface area (Å²) in [6, 6.07) is 6.03. The maximum atomic E-state index is 13.7. The van der Waals surface area contributed by atoms with Gasteiger partial charge in [-0.1, -0.05) is 19.9 Å². The Balaban J connectivity index is 2.04. The first-order valence-corrected chi connectivity index (χ1v) is 7.59. The normalized spacial score (nSPS) is 12.3. The van der Waals surface area contributed by atoms with Crippen LogP contribution in [0.25, 0.3) is 0 Å². The fourth-order valence-corrected chi connectivity index (χ4v) is 2.33. The second-order valence-electron chi connectivity index (χ2n) is 5.97. The summed E-state index contributed by atoms with van der Waals surface area (Å²) in [6.45, 7) is 5.99. The molecule has 1 amide bonds. The van der Waals surface area contributed by atoms with Gasteiger partial charge in [0.1, 0.15) is 5.69 Å². The largest absolute Gasteiger partial charge is 0.494 e. The Morgan fingerprint density at radius 2 is 2.09 bits per heavy atom. The number of amides is 1. The average molecular weight is 319 g/mol. The van der Waals surface area contributed by atoms with Gasteiger partial charge in [-0.25, -0.2) is 4.39 Å². The van der Waals surface area contributed by atoms with Crippen LogP contribution in [-0.4, -0.2) is 23.2 Å². The van der Waals surface area contributed by atoms with Gasteiger partial charge in [-0.15, -0.1) is 0 Å². The molecule has 2 aromatic rings. The number of hydrogen-bond donors (Lipinski definition) is 2. The van der Waals surface area contributed by atoms with Crippen LogP contribution in [0, 0.1) is 11.7 Å². The molecule has 0 saturated heterocycles. The summed E-state index contributed by atoms with van der Waals surface area (Å²) in [4.78, 5) is 12.2. The molecule has 23 heavy (non-hydrogen) atoms. The summed E-state index contributed by atoms with van der Waals surface area (Å²) < 4.78 is 18.6. The van der Waals surface area contributed by atoms with Crippen molar-refractivity contribution in [3.8, 4) is 5.75 Å². The third kappa shape index (κ3) is 4.31.